The molecule has 0 unspecified atom stereocenters. The second-order valence-corrected chi connectivity index (χ2v) is 6.73. The molecular formula is C18H15ClN2O4S. The maximum Gasteiger partial charge on any atom is 0.313 e. The molecule has 2 heterocycles. The number of hydrogen-bond acceptors (Lipinski definition) is 5. The smallest absolute Gasteiger partial charge is 0.313 e. The molecule has 2 aromatic heterocycles. The topological polar surface area (TPSA) is 80.6 Å². The van der Waals surface area contributed by atoms with E-state index in [9.17, 15) is 9.59 Å². The summed E-state index contributed by atoms with van der Waals surface area (Å²) >= 11 is 7.40. The minimum atomic E-state index is -0.794. The Balaban J connectivity index is 1.58. The standard InChI is InChI=1S/C18H15ClN2O4S/c1-24-16-3-2-13(19)7-15(16)21-18(23)17(22)20-8-14-6-12(10-26-14)11-4-5-25-9-11/h2-7,9-10H,8H2,1H3,(H,20,22)(H,21,23). The second-order valence-electron chi connectivity index (χ2n) is 5.30. The quantitative estimate of drug-likeness (QED) is 0.647. The Hall–Kier alpha value is -2.77. The summed E-state index contributed by atoms with van der Waals surface area (Å²) in [6.45, 7) is 0.251. The number of halogens is 1. The van der Waals surface area contributed by atoms with Crippen molar-refractivity contribution >= 4 is 40.4 Å². The molecule has 2 amide bonds. The molecule has 0 atom stereocenters. The van der Waals surface area contributed by atoms with Crippen molar-refractivity contribution in [2.24, 2.45) is 0 Å². The number of carbonyl (C=O) groups is 2. The van der Waals surface area contributed by atoms with Crippen LogP contribution in [0.3, 0.4) is 0 Å². The molecular weight excluding hydrogens is 376 g/mol. The number of rotatable bonds is 5. The number of methoxy groups -OCH3 is 1. The van der Waals surface area contributed by atoms with Crippen LogP contribution in [0.2, 0.25) is 5.02 Å². The molecule has 3 aromatic rings. The van der Waals surface area contributed by atoms with Gasteiger partial charge in [-0.25, -0.2) is 0 Å². The van der Waals surface area contributed by atoms with Crippen molar-refractivity contribution < 1.29 is 18.7 Å². The van der Waals surface area contributed by atoms with E-state index in [0.29, 0.717) is 16.5 Å². The van der Waals surface area contributed by atoms with Gasteiger partial charge < -0.3 is 19.8 Å². The number of hydrogen-bond donors (Lipinski definition) is 2. The second kappa shape index (κ2) is 8.07. The van der Waals surface area contributed by atoms with Gasteiger partial charge in [-0.3, -0.25) is 9.59 Å². The summed E-state index contributed by atoms with van der Waals surface area (Å²) in [5.74, 6) is -1.12. The van der Waals surface area contributed by atoms with Crippen LogP contribution in [0.5, 0.6) is 5.75 Å². The number of furan rings is 1. The lowest BCUT2D eigenvalue weighted by atomic mass is 10.2. The van der Waals surface area contributed by atoms with E-state index in [4.69, 9.17) is 20.8 Å². The first-order valence-electron chi connectivity index (χ1n) is 7.59. The molecule has 6 nitrogen and oxygen atoms in total. The van der Waals surface area contributed by atoms with Gasteiger partial charge in [0.2, 0.25) is 0 Å². The fourth-order valence-corrected chi connectivity index (χ4v) is 3.26. The highest BCUT2D eigenvalue weighted by atomic mass is 35.5. The van der Waals surface area contributed by atoms with Crippen LogP contribution >= 0.6 is 22.9 Å². The van der Waals surface area contributed by atoms with Gasteiger partial charge in [-0.2, -0.15) is 0 Å². The number of amides is 2. The summed E-state index contributed by atoms with van der Waals surface area (Å²) in [7, 11) is 1.47. The summed E-state index contributed by atoms with van der Waals surface area (Å²) in [5.41, 5.74) is 2.30. The van der Waals surface area contributed by atoms with E-state index >= 15 is 0 Å². The van der Waals surface area contributed by atoms with Crippen molar-refractivity contribution in [3.8, 4) is 16.9 Å². The Labute approximate surface area is 158 Å². The Kier molecular flexibility index (Phi) is 5.60. The molecule has 134 valence electrons. The van der Waals surface area contributed by atoms with Gasteiger partial charge in [0.1, 0.15) is 5.75 Å². The lowest BCUT2D eigenvalue weighted by molar-refractivity contribution is -0.136. The average Bonchev–Trinajstić information content (AvgIpc) is 3.31. The zero-order valence-corrected chi connectivity index (χ0v) is 15.3. The fraction of sp³-hybridized carbons (Fsp3) is 0.111. The highest BCUT2D eigenvalue weighted by Crippen LogP contribution is 2.28. The maximum atomic E-state index is 12.1. The normalized spacial score (nSPS) is 10.4. The van der Waals surface area contributed by atoms with E-state index in [0.717, 1.165) is 16.0 Å². The van der Waals surface area contributed by atoms with Crippen LogP contribution in [0.25, 0.3) is 11.1 Å². The van der Waals surface area contributed by atoms with Crippen LogP contribution in [-0.2, 0) is 16.1 Å². The predicted molar refractivity (Wildman–Crippen MR) is 101 cm³/mol. The number of nitrogens with one attached hydrogen (secondary N) is 2. The molecule has 0 bridgehead atoms. The molecule has 3 rings (SSSR count). The van der Waals surface area contributed by atoms with Crippen LogP contribution in [0.1, 0.15) is 4.88 Å². The first-order valence-corrected chi connectivity index (χ1v) is 8.85. The van der Waals surface area contributed by atoms with Crippen molar-refractivity contribution in [1.29, 1.82) is 0 Å². The first kappa shape index (κ1) is 18.0. The Morgan fingerprint density at radius 3 is 2.77 bits per heavy atom. The number of benzene rings is 1. The third kappa shape index (κ3) is 4.25. The number of carbonyl (C=O) groups excluding carboxylic acids is 2. The Morgan fingerprint density at radius 2 is 2.04 bits per heavy atom. The monoisotopic (exact) mass is 390 g/mol. The molecule has 0 saturated carbocycles. The van der Waals surface area contributed by atoms with Crippen molar-refractivity contribution in [2.45, 2.75) is 6.54 Å². The molecule has 2 N–H and O–H groups in total. The van der Waals surface area contributed by atoms with E-state index in [1.165, 1.54) is 24.5 Å². The van der Waals surface area contributed by atoms with Crippen molar-refractivity contribution in [1.82, 2.24) is 5.32 Å². The summed E-state index contributed by atoms with van der Waals surface area (Å²) in [6, 6.07) is 8.55. The van der Waals surface area contributed by atoms with Crippen molar-refractivity contribution in [3.63, 3.8) is 0 Å². The summed E-state index contributed by atoms with van der Waals surface area (Å²) < 4.78 is 10.2. The SMILES string of the molecule is COc1ccc(Cl)cc1NC(=O)C(=O)NCc1cc(-c2ccoc2)cs1. The molecule has 0 radical (unpaired) electrons. The zero-order valence-electron chi connectivity index (χ0n) is 13.7. The van der Waals surface area contributed by atoms with Gasteiger partial charge in [0.05, 0.1) is 31.9 Å². The van der Waals surface area contributed by atoms with Crippen LogP contribution in [0.15, 0.2) is 52.7 Å². The lowest BCUT2D eigenvalue weighted by Crippen LogP contribution is -2.34. The predicted octanol–water partition coefficient (Wildman–Crippen LogP) is 3.93. The summed E-state index contributed by atoms with van der Waals surface area (Å²) in [5, 5.41) is 7.47. The van der Waals surface area contributed by atoms with Gasteiger partial charge >= 0.3 is 11.8 Å². The summed E-state index contributed by atoms with van der Waals surface area (Å²) in [6.07, 6.45) is 3.25. The minimum absolute atomic E-state index is 0.251. The highest BCUT2D eigenvalue weighted by molar-refractivity contribution is 7.10. The summed E-state index contributed by atoms with van der Waals surface area (Å²) in [4.78, 5) is 25.0. The van der Waals surface area contributed by atoms with Gasteiger partial charge in [-0.15, -0.1) is 11.3 Å². The molecule has 0 saturated heterocycles. The molecule has 0 aliphatic heterocycles. The van der Waals surface area contributed by atoms with E-state index < -0.39 is 11.8 Å². The van der Waals surface area contributed by atoms with Crippen LogP contribution in [0.4, 0.5) is 5.69 Å². The van der Waals surface area contributed by atoms with E-state index in [1.54, 1.807) is 24.7 Å². The highest BCUT2D eigenvalue weighted by Gasteiger charge is 2.16. The van der Waals surface area contributed by atoms with Crippen molar-refractivity contribution in [3.05, 3.63) is 58.1 Å². The van der Waals surface area contributed by atoms with Gasteiger partial charge in [-0.05, 0) is 41.3 Å². The van der Waals surface area contributed by atoms with Crippen LogP contribution < -0.4 is 15.4 Å². The van der Waals surface area contributed by atoms with Gasteiger partial charge in [0.25, 0.3) is 0 Å². The molecule has 26 heavy (non-hydrogen) atoms. The molecule has 8 heteroatoms. The Morgan fingerprint density at radius 1 is 1.19 bits per heavy atom. The third-order valence-corrected chi connectivity index (χ3v) is 4.72. The molecule has 1 aromatic carbocycles. The zero-order chi connectivity index (χ0) is 18.5. The molecule has 0 spiro atoms. The average molecular weight is 391 g/mol. The van der Waals surface area contributed by atoms with E-state index in [-0.39, 0.29) is 6.54 Å². The van der Waals surface area contributed by atoms with E-state index in [2.05, 4.69) is 10.6 Å². The minimum Gasteiger partial charge on any atom is -0.495 e. The van der Waals surface area contributed by atoms with Crippen LogP contribution in [-0.4, -0.2) is 18.9 Å². The van der Waals surface area contributed by atoms with Gasteiger partial charge in [0, 0.05) is 15.5 Å². The largest absolute Gasteiger partial charge is 0.495 e. The molecule has 0 aliphatic rings. The number of ether oxygens (including phenoxy) is 1. The lowest BCUT2D eigenvalue weighted by Gasteiger charge is -2.10. The maximum absolute atomic E-state index is 12.1. The van der Waals surface area contributed by atoms with Crippen LogP contribution in [0, 0.1) is 0 Å². The number of thiophene rings is 1. The fourth-order valence-electron chi connectivity index (χ4n) is 2.26. The van der Waals surface area contributed by atoms with Gasteiger partial charge in [0.15, 0.2) is 0 Å². The Bertz CT molecular complexity index is 921. The van der Waals surface area contributed by atoms with Crippen molar-refractivity contribution in [2.75, 3.05) is 12.4 Å². The van der Waals surface area contributed by atoms with E-state index in [1.807, 2.05) is 17.5 Å². The number of anilines is 1. The first-order chi connectivity index (χ1) is 12.6. The molecule has 0 aliphatic carbocycles. The third-order valence-electron chi connectivity index (χ3n) is 3.55. The molecule has 0 fully saturated rings. The van der Waals surface area contributed by atoms with Gasteiger partial charge in [-0.1, -0.05) is 11.6 Å².